The molecule has 0 aromatic heterocycles. The Hall–Kier alpha value is 0.787. The van der Waals surface area contributed by atoms with Gasteiger partial charge in [-0.25, -0.2) is 0 Å². The van der Waals surface area contributed by atoms with E-state index in [0.29, 0.717) is 0 Å². The Kier molecular flexibility index (Phi) is 16.0. The smallest absolute Gasteiger partial charge is 0.0874 e. The van der Waals surface area contributed by atoms with Gasteiger partial charge >= 0.3 is 0 Å². The number of halogens is 4. The minimum Gasteiger partial charge on any atom is -0.0874 e. The van der Waals surface area contributed by atoms with E-state index in [2.05, 4.69) is 22.5 Å². The van der Waals surface area contributed by atoms with Crippen LogP contribution in [0.1, 0.15) is 0 Å². The summed E-state index contributed by atoms with van der Waals surface area (Å²) in [5, 5.41) is 0. The van der Waals surface area contributed by atoms with Crippen LogP contribution in [0.25, 0.3) is 0 Å². The summed E-state index contributed by atoms with van der Waals surface area (Å²) in [6, 6.07) is 9.97. The molecule has 13 heavy (non-hydrogen) atoms. The quantitative estimate of drug-likeness (QED) is 0.503. The van der Waals surface area contributed by atoms with Gasteiger partial charge in [0.25, 0.3) is 0 Å². The van der Waals surface area contributed by atoms with Gasteiger partial charge in [-0.15, -0.1) is 0 Å². The highest BCUT2D eigenvalue weighted by Gasteiger charge is 1.79. The van der Waals surface area contributed by atoms with Crippen LogP contribution in [-0.2, 0) is 0 Å². The van der Waals surface area contributed by atoms with Crippen LogP contribution in [-0.4, -0.2) is 14.5 Å². The van der Waals surface area contributed by atoms with E-state index in [1.54, 1.807) is 0 Å². The van der Waals surface area contributed by atoms with Crippen LogP contribution >= 0.6 is 50.7 Å². The molecule has 0 nitrogen and oxygen atoms in total. The lowest BCUT2D eigenvalue weighted by atomic mass is 10.4. The second kappa shape index (κ2) is 12.8. The van der Waals surface area contributed by atoms with Crippen molar-refractivity contribution in [3.8, 4) is 0 Å². The molecule has 0 radical (unpaired) electrons. The summed E-state index contributed by atoms with van der Waals surface area (Å²) in [5.41, 5.74) is 0. The van der Waals surface area contributed by atoms with E-state index in [1.165, 1.54) is 10.2 Å². The van der Waals surface area contributed by atoms with Crippen LogP contribution in [0.3, 0.4) is 0 Å². The summed E-state index contributed by atoms with van der Waals surface area (Å²) in [7, 11) is 1.31. The second-order valence-electron chi connectivity index (χ2n) is 1.54. The van der Waals surface area contributed by atoms with Crippen molar-refractivity contribution in [3.05, 3.63) is 34.8 Å². The minimum absolute atomic E-state index is 0.750. The van der Waals surface area contributed by atoms with E-state index in [1.807, 2.05) is 30.3 Å². The summed E-state index contributed by atoms with van der Waals surface area (Å²) in [4.78, 5) is 0. The molecule has 0 aliphatic rings. The van der Waals surface area contributed by atoms with E-state index in [4.69, 9.17) is 34.8 Å². The number of hydrogen-bond donors (Lipinski definition) is 0. The van der Waals surface area contributed by atoms with Crippen molar-refractivity contribution in [2.24, 2.45) is 0 Å². The molecule has 76 valence electrons. The van der Waals surface area contributed by atoms with Gasteiger partial charge in [0.15, 0.2) is 4.30 Å². The maximum atomic E-state index is 4.81. The van der Waals surface area contributed by atoms with Gasteiger partial charge in [-0.05, 0) is 22.4 Å². The first-order valence-corrected chi connectivity index (χ1v) is 7.86. The van der Waals surface area contributed by atoms with Crippen molar-refractivity contribution < 1.29 is 0 Å². The summed E-state index contributed by atoms with van der Waals surface area (Å²) < 4.78 is 0.384. The molecule has 0 saturated carbocycles. The molecule has 0 heterocycles. The average molecular weight is 323 g/mol. The highest BCUT2D eigenvalue weighted by atomic mass is 79.9. The fourth-order valence-electron chi connectivity index (χ4n) is 0.415. The molecule has 5 heteroatoms. The molecule has 1 rings (SSSR count). The molecule has 1 aromatic carbocycles. The van der Waals surface area contributed by atoms with E-state index >= 15 is 0 Å². The molecule has 0 amide bonds. The lowest BCUT2D eigenvalue weighted by Crippen LogP contribution is -1.55. The maximum absolute atomic E-state index is 4.81. The van der Waals surface area contributed by atoms with Gasteiger partial charge < -0.3 is 0 Å². The lowest BCUT2D eigenvalue weighted by molar-refractivity contribution is 1.66. The molecule has 0 aliphatic carbocycles. The monoisotopic (exact) mass is 320 g/mol. The van der Waals surface area contributed by atoms with Crippen LogP contribution in [0.5, 0.6) is 0 Å². The second-order valence-corrected chi connectivity index (χ2v) is 4.44. The Morgan fingerprint density at radius 1 is 1.08 bits per heavy atom. The van der Waals surface area contributed by atoms with Crippen LogP contribution in [0.15, 0.2) is 34.8 Å². The van der Waals surface area contributed by atoms with Gasteiger partial charge in [-0.2, -0.15) is 0 Å². The Balaban J connectivity index is 0. The van der Waals surface area contributed by atoms with Gasteiger partial charge in [0, 0.05) is 4.47 Å². The van der Waals surface area contributed by atoms with Gasteiger partial charge in [-0.1, -0.05) is 75.5 Å². The predicted molar refractivity (Wildman–Crippen MR) is 71.3 cm³/mol. The molecule has 0 saturated heterocycles. The molecule has 0 unspecified atom stereocenters. The van der Waals surface area contributed by atoms with Crippen molar-refractivity contribution in [2.45, 2.75) is 10.8 Å². The number of rotatable bonds is 0. The highest BCUT2D eigenvalue weighted by Crippen LogP contribution is 2.05. The van der Waals surface area contributed by atoms with Crippen molar-refractivity contribution in [1.29, 1.82) is 0 Å². The first-order valence-electron chi connectivity index (χ1n) is 3.75. The average Bonchev–Trinajstić information content (AvgIpc) is 2.08. The standard InChI is InChI=1S/C6H5Br.CHCl3.CH6Si/c7-6-4-2-1-3-5-6;2-1(3)4;1-2/h1-5H;1H;1-2H3. The largest absolute Gasteiger partial charge is 0.180 e. The Labute approximate surface area is 106 Å². The van der Waals surface area contributed by atoms with Gasteiger partial charge in [0.05, 0.1) is 0 Å². The Bertz CT molecular complexity index is 179. The molecule has 0 N–H and O–H groups in total. The number of benzene rings is 1. The van der Waals surface area contributed by atoms with Crippen LogP contribution in [0.2, 0.25) is 6.55 Å². The van der Waals surface area contributed by atoms with E-state index in [-0.39, 0.29) is 0 Å². The third kappa shape index (κ3) is 19.3. The minimum atomic E-state index is -0.750. The summed E-state index contributed by atoms with van der Waals surface area (Å²) in [6.07, 6.45) is 0. The zero-order valence-electron chi connectivity index (χ0n) is 7.48. The normalized spacial score (nSPS) is 8.15. The zero-order chi connectivity index (χ0) is 10.7. The fourth-order valence-corrected chi connectivity index (χ4v) is 0.720. The molecular formula is C8H12BrCl3Si. The predicted octanol–water partition coefficient (Wildman–Crippen LogP) is 3.84. The SMILES string of the molecule is Brc1ccccc1.C[SiH3].ClC(Cl)Cl. The van der Waals surface area contributed by atoms with Gasteiger partial charge in [0.1, 0.15) is 0 Å². The third-order valence-corrected chi connectivity index (χ3v) is 1.26. The van der Waals surface area contributed by atoms with E-state index < -0.39 is 4.30 Å². The van der Waals surface area contributed by atoms with Crippen molar-refractivity contribution >= 4 is 61.0 Å². The van der Waals surface area contributed by atoms with Crippen LogP contribution in [0, 0.1) is 0 Å². The van der Waals surface area contributed by atoms with E-state index in [9.17, 15) is 0 Å². The molecule has 0 bridgehead atoms. The van der Waals surface area contributed by atoms with Gasteiger partial charge in [0.2, 0.25) is 0 Å². The summed E-state index contributed by atoms with van der Waals surface area (Å²) >= 11 is 17.7. The van der Waals surface area contributed by atoms with Crippen molar-refractivity contribution in [3.63, 3.8) is 0 Å². The lowest BCUT2D eigenvalue weighted by Gasteiger charge is -1.80. The Morgan fingerprint density at radius 2 is 1.38 bits per heavy atom. The molecule has 0 atom stereocenters. The molecule has 0 spiro atoms. The Morgan fingerprint density at radius 3 is 1.54 bits per heavy atom. The highest BCUT2D eigenvalue weighted by molar-refractivity contribution is 9.10. The summed E-state index contributed by atoms with van der Waals surface area (Å²) in [6.45, 7) is 2.14. The maximum Gasteiger partial charge on any atom is 0.180 e. The first-order chi connectivity index (χ1) is 6.13. The van der Waals surface area contributed by atoms with Crippen LogP contribution in [0.4, 0.5) is 0 Å². The zero-order valence-corrected chi connectivity index (χ0v) is 13.3. The third-order valence-electron chi connectivity index (χ3n) is 0.733. The molecule has 1 aromatic rings. The van der Waals surface area contributed by atoms with Gasteiger partial charge in [-0.3, -0.25) is 0 Å². The van der Waals surface area contributed by atoms with Crippen molar-refractivity contribution in [2.75, 3.05) is 0 Å². The van der Waals surface area contributed by atoms with Crippen molar-refractivity contribution in [1.82, 2.24) is 0 Å². The fraction of sp³-hybridized carbons (Fsp3) is 0.250. The molecule has 0 fully saturated rings. The first kappa shape index (κ1) is 16.2. The number of alkyl halides is 3. The number of hydrogen-bond acceptors (Lipinski definition) is 0. The van der Waals surface area contributed by atoms with E-state index in [0.717, 1.165) is 4.47 Å². The molecule has 0 aliphatic heterocycles. The molecular weight excluding hydrogens is 310 g/mol. The topological polar surface area (TPSA) is 0 Å². The summed E-state index contributed by atoms with van der Waals surface area (Å²) in [5.74, 6) is 0. The van der Waals surface area contributed by atoms with Crippen LogP contribution < -0.4 is 0 Å².